The number of nitrogens with one attached hydrogen (secondary N) is 1. The van der Waals surface area contributed by atoms with Crippen LogP contribution in [0.15, 0.2) is 47.1 Å². The number of amides is 1. The molecule has 0 fully saturated rings. The van der Waals surface area contributed by atoms with Crippen LogP contribution in [0.5, 0.6) is 5.75 Å². The molecule has 1 aromatic carbocycles. The largest absolute Gasteiger partial charge is 0.484 e. The van der Waals surface area contributed by atoms with Crippen molar-refractivity contribution in [1.29, 1.82) is 0 Å². The summed E-state index contributed by atoms with van der Waals surface area (Å²) in [5, 5.41) is 12.0. The summed E-state index contributed by atoms with van der Waals surface area (Å²) in [6.45, 7) is 3.85. The van der Waals surface area contributed by atoms with Gasteiger partial charge in [-0.3, -0.25) is 4.79 Å². The van der Waals surface area contributed by atoms with Crippen LogP contribution in [0.3, 0.4) is 0 Å². The fourth-order valence-corrected chi connectivity index (χ4v) is 2.04. The zero-order valence-corrected chi connectivity index (χ0v) is 12.8. The molecule has 0 bridgehead atoms. The maximum Gasteiger partial charge on any atom is 0.258 e. The molecule has 2 rings (SSSR count). The molecule has 0 aliphatic rings. The zero-order chi connectivity index (χ0) is 15.9. The minimum absolute atomic E-state index is 0.112. The fourth-order valence-electron chi connectivity index (χ4n) is 2.04. The maximum absolute atomic E-state index is 11.9. The molecule has 1 unspecified atom stereocenters. The van der Waals surface area contributed by atoms with E-state index in [0.29, 0.717) is 17.4 Å². The van der Waals surface area contributed by atoms with Crippen LogP contribution in [0, 0.1) is 0 Å². The summed E-state index contributed by atoms with van der Waals surface area (Å²) in [5.74, 6) is 1.25. The van der Waals surface area contributed by atoms with Crippen LogP contribution in [-0.2, 0) is 4.79 Å². The van der Waals surface area contributed by atoms with Crippen LogP contribution in [0.1, 0.15) is 37.1 Å². The van der Waals surface area contributed by atoms with Gasteiger partial charge in [-0.1, -0.05) is 26.0 Å². The number of carbonyl (C=O) groups excluding carboxylic acids is 1. The van der Waals surface area contributed by atoms with E-state index in [1.807, 2.05) is 24.3 Å². The quantitative estimate of drug-likeness (QED) is 0.825. The minimum atomic E-state index is -0.562. The lowest BCUT2D eigenvalue weighted by Crippen LogP contribution is -2.34. The predicted molar refractivity (Wildman–Crippen MR) is 82.7 cm³/mol. The first-order valence-corrected chi connectivity index (χ1v) is 7.26. The standard InChI is InChI=1S/C17H21NO4/c1-12(2)13-5-3-6-14(9-13)22-11-17(20)18-15(10-19)16-7-4-8-21-16/h3-9,12,15,19H,10-11H2,1-2H3,(H,18,20). The molecule has 5 nitrogen and oxygen atoms in total. The van der Waals surface area contributed by atoms with Gasteiger partial charge in [0.25, 0.3) is 5.91 Å². The molecule has 1 heterocycles. The number of benzene rings is 1. The van der Waals surface area contributed by atoms with Crippen molar-refractivity contribution in [2.45, 2.75) is 25.8 Å². The average molecular weight is 303 g/mol. The number of furan rings is 1. The van der Waals surface area contributed by atoms with E-state index in [1.165, 1.54) is 6.26 Å². The van der Waals surface area contributed by atoms with Gasteiger partial charge in [0.05, 0.1) is 12.9 Å². The van der Waals surface area contributed by atoms with E-state index in [-0.39, 0.29) is 19.1 Å². The molecule has 0 spiro atoms. The highest BCUT2D eigenvalue weighted by Gasteiger charge is 2.16. The van der Waals surface area contributed by atoms with Crippen molar-refractivity contribution in [2.75, 3.05) is 13.2 Å². The first-order valence-electron chi connectivity index (χ1n) is 7.26. The third kappa shape index (κ3) is 4.36. The Morgan fingerprint density at radius 2 is 2.14 bits per heavy atom. The maximum atomic E-state index is 11.9. The van der Waals surface area contributed by atoms with Gasteiger partial charge in [-0.15, -0.1) is 0 Å². The van der Waals surface area contributed by atoms with Crippen LogP contribution >= 0.6 is 0 Å². The van der Waals surface area contributed by atoms with Gasteiger partial charge in [0.15, 0.2) is 6.61 Å². The van der Waals surface area contributed by atoms with Gasteiger partial charge in [-0.2, -0.15) is 0 Å². The molecule has 0 saturated carbocycles. The molecule has 0 saturated heterocycles. The number of rotatable bonds is 7. The Balaban J connectivity index is 1.88. The Morgan fingerprint density at radius 3 is 2.77 bits per heavy atom. The van der Waals surface area contributed by atoms with Crippen molar-refractivity contribution in [3.05, 3.63) is 54.0 Å². The van der Waals surface area contributed by atoms with Crippen molar-refractivity contribution < 1.29 is 19.1 Å². The second-order valence-electron chi connectivity index (χ2n) is 5.33. The molecular weight excluding hydrogens is 282 g/mol. The van der Waals surface area contributed by atoms with Crippen molar-refractivity contribution in [2.24, 2.45) is 0 Å². The van der Waals surface area contributed by atoms with Gasteiger partial charge in [-0.05, 0) is 35.7 Å². The van der Waals surface area contributed by atoms with Crippen molar-refractivity contribution in [1.82, 2.24) is 5.32 Å². The Kier molecular flexibility index (Phi) is 5.61. The Morgan fingerprint density at radius 1 is 1.32 bits per heavy atom. The van der Waals surface area contributed by atoms with Crippen LogP contribution in [0.25, 0.3) is 0 Å². The molecule has 1 amide bonds. The third-order valence-corrected chi connectivity index (χ3v) is 3.30. The van der Waals surface area contributed by atoms with Crippen LogP contribution in [0.4, 0.5) is 0 Å². The summed E-state index contributed by atoms with van der Waals surface area (Å²) < 4.78 is 10.7. The number of aliphatic hydroxyl groups is 1. The SMILES string of the molecule is CC(C)c1cccc(OCC(=O)NC(CO)c2ccco2)c1. The number of hydrogen-bond donors (Lipinski definition) is 2. The van der Waals surface area contributed by atoms with E-state index in [2.05, 4.69) is 19.2 Å². The van der Waals surface area contributed by atoms with Crippen LogP contribution in [0.2, 0.25) is 0 Å². The van der Waals surface area contributed by atoms with Crippen molar-refractivity contribution >= 4 is 5.91 Å². The molecule has 0 aliphatic heterocycles. The van der Waals surface area contributed by atoms with Gasteiger partial charge in [0.2, 0.25) is 0 Å². The summed E-state index contributed by atoms with van der Waals surface area (Å²) in [6.07, 6.45) is 1.50. The van der Waals surface area contributed by atoms with Crippen LogP contribution < -0.4 is 10.1 Å². The molecule has 2 N–H and O–H groups in total. The Labute approximate surface area is 129 Å². The number of aliphatic hydroxyl groups excluding tert-OH is 1. The van der Waals surface area contributed by atoms with E-state index in [0.717, 1.165) is 5.56 Å². The molecule has 2 aromatic rings. The summed E-state index contributed by atoms with van der Waals surface area (Å²) in [7, 11) is 0. The average Bonchev–Trinajstić information content (AvgIpc) is 3.05. The molecule has 0 aliphatic carbocycles. The Bertz CT molecular complexity index is 592. The first kappa shape index (κ1) is 16.1. The van der Waals surface area contributed by atoms with Gasteiger partial charge in [0, 0.05) is 0 Å². The Hall–Kier alpha value is -2.27. The minimum Gasteiger partial charge on any atom is -0.484 e. The normalized spacial score (nSPS) is 12.2. The third-order valence-electron chi connectivity index (χ3n) is 3.30. The lowest BCUT2D eigenvalue weighted by molar-refractivity contribution is -0.124. The zero-order valence-electron chi connectivity index (χ0n) is 12.8. The molecule has 1 atom stereocenters. The fraction of sp³-hybridized carbons (Fsp3) is 0.353. The molecule has 5 heteroatoms. The summed E-state index contributed by atoms with van der Waals surface area (Å²) >= 11 is 0. The van der Waals surface area contributed by atoms with Crippen LogP contribution in [-0.4, -0.2) is 24.2 Å². The second kappa shape index (κ2) is 7.66. The van der Waals surface area contributed by atoms with Gasteiger partial charge < -0.3 is 19.6 Å². The lowest BCUT2D eigenvalue weighted by Gasteiger charge is -2.14. The van der Waals surface area contributed by atoms with Crippen molar-refractivity contribution in [3.8, 4) is 5.75 Å². The van der Waals surface area contributed by atoms with E-state index in [9.17, 15) is 9.90 Å². The van der Waals surface area contributed by atoms with Crippen molar-refractivity contribution in [3.63, 3.8) is 0 Å². The predicted octanol–water partition coefficient (Wildman–Crippen LogP) is 2.63. The highest BCUT2D eigenvalue weighted by Crippen LogP contribution is 2.20. The van der Waals surface area contributed by atoms with Gasteiger partial charge in [0.1, 0.15) is 17.6 Å². The molecule has 118 valence electrons. The van der Waals surface area contributed by atoms with E-state index >= 15 is 0 Å². The monoisotopic (exact) mass is 303 g/mol. The molecule has 0 radical (unpaired) electrons. The number of ether oxygens (including phenoxy) is 1. The van der Waals surface area contributed by atoms with Gasteiger partial charge >= 0.3 is 0 Å². The summed E-state index contributed by atoms with van der Waals surface area (Å²) in [4.78, 5) is 11.9. The van der Waals surface area contributed by atoms with Gasteiger partial charge in [-0.25, -0.2) is 0 Å². The van der Waals surface area contributed by atoms with E-state index in [1.54, 1.807) is 12.1 Å². The van der Waals surface area contributed by atoms with E-state index in [4.69, 9.17) is 9.15 Å². The number of hydrogen-bond acceptors (Lipinski definition) is 4. The summed E-state index contributed by atoms with van der Waals surface area (Å²) in [6, 6.07) is 10.5. The van der Waals surface area contributed by atoms with E-state index < -0.39 is 6.04 Å². The lowest BCUT2D eigenvalue weighted by atomic mass is 10.0. The topological polar surface area (TPSA) is 71.7 Å². The first-order chi connectivity index (χ1) is 10.6. The highest BCUT2D eigenvalue weighted by molar-refractivity contribution is 5.78. The smallest absolute Gasteiger partial charge is 0.258 e. The molecule has 22 heavy (non-hydrogen) atoms. The second-order valence-corrected chi connectivity index (χ2v) is 5.33. The molecule has 1 aromatic heterocycles. The molecular formula is C17H21NO4. The number of carbonyl (C=O) groups is 1. The summed E-state index contributed by atoms with van der Waals surface area (Å²) in [5.41, 5.74) is 1.15. The highest BCUT2D eigenvalue weighted by atomic mass is 16.5.